The molecule has 15 heavy (non-hydrogen) atoms. The molecule has 0 saturated carbocycles. The maximum atomic E-state index is 12.9. The molecule has 1 rings (SSSR count). The van der Waals surface area contributed by atoms with E-state index in [4.69, 9.17) is 23.1 Å². The minimum Gasteiger partial charge on any atom is -0.325 e. The van der Waals surface area contributed by atoms with Gasteiger partial charge in [-0.2, -0.15) is 0 Å². The van der Waals surface area contributed by atoms with Gasteiger partial charge in [-0.05, 0) is 38.0 Å². The van der Waals surface area contributed by atoms with Crippen LogP contribution in [0.1, 0.15) is 31.9 Å². The molecule has 0 aliphatic rings. The molecule has 0 heterocycles. The van der Waals surface area contributed by atoms with Crippen molar-refractivity contribution in [3.8, 4) is 0 Å². The summed E-state index contributed by atoms with van der Waals surface area (Å²) in [4.78, 5) is 0. The van der Waals surface area contributed by atoms with Crippen LogP contribution in [-0.2, 0) is 0 Å². The average molecular weight is 231 g/mol. The van der Waals surface area contributed by atoms with E-state index in [0.29, 0.717) is 6.42 Å². The van der Waals surface area contributed by atoms with Crippen LogP contribution in [0.15, 0.2) is 18.2 Å². The molecule has 1 atom stereocenters. The molecule has 0 bridgehead atoms. The number of halogens is 2. The number of hydrogen-bond donors (Lipinski definition) is 2. The molecule has 0 aliphatic carbocycles. The molecule has 0 spiro atoms. The number of nitrogens with two attached hydrogens (primary N) is 2. The zero-order valence-corrected chi connectivity index (χ0v) is 9.68. The summed E-state index contributed by atoms with van der Waals surface area (Å²) >= 11 is 5.67. The molecule has 0 amide bonds. The monoisotopic (exact) mass is 230 g/mol. The highest BCUT2D eigenvalue weighted by Gasteiger charge is 2.17. The quantitative estimate of drug-likeness (QED) is 0.839. The van der Waals surface area contributed by atoms with Gasteiger partial charge in [0.2, 0.25) is 0 Å². The fourth-order valence-corrected chi connectivity index (χ4v) is 1.62. The van der Waals surface area contributed by atoms with Crippen LogP contribution in [0.25, 0.3) is 0 Å². The summed E-state index contributed by atoms with van der Waals surface area (Å²) in [6.07, 6.45) is 0.620. The van der Waals surface area contributed by atoms with Crippen molar-refractivity contribution in [3.05, 3.63) is 34.6 Å². The van der Waals surface area contributed by atoms with Crippen LogP contribution < -0.4 is 11.5 Å². The molecule has 4 heteroatoms. The lowest BCUT2D eigenvalue weighted by molar-refractivity contribution is 0.429. The Morgan fingerprint density at radius 2 is 2.07 bits per heavy atom. The summed E-state index contributed by atoms with van der Waals surface area (Å²) in [6.45, 7) is 3.80. The van der Waals surface area contributed by atoms with Gasteiger partial charge in [-0.3, -0.25) is 0 Å². The summed E-state index contributed by atoms with van der Waals surface area (Å²) in [5.74, 6) is -0.431. The van der Waals surface area contributed by atoms with Gasteiger partial charge < -0.3 is 11.5 Å². The first-order valence-electron chi connectivity index (χ1n) is 4.79. The highest BCUT2D eigenvalue weighted by molar-refractivity contribution is 6.30. The lowest BCUT2D eigenvalue weighted by Crippen LogP contribution is -2.35. The molecule has 1 unspecified atom stereocenters. The van der Waals surface area contributed by atoms with Crippen molar-refractivity contribution in [3.63, 3.8) is 0 Å². The van der Waals surface area contributed by atoms with Crippen LogP contribution in [0.5, 0.6) is 0 Å². The minimum absolute atomic E-state index is 0.0952. The maximum absolute atomic E-state index is 12.9. The first-order chi connectivity index (χ1) is 6.79. The predicted octanol–water partition coefficient (Wildman–Crippen LogP) is 2.61. The van der Waals surface area contributed by atoms with Crippen molar-refractivity contribution in [2.24, 2.45) is 11.5 Å². The Bertz CT molecular complexity index is 347. The van der Waals surface area contributed by atoms with Gasteiger partial charge in [0.25, 0.3) is 0 Å². The number of benzene rings is 1. The molecule has 0 radical (unpaired) electrons. The molecule has 1 aromatic rings. The SMILES string of the molecule is CC(C)(N)CC(N)c1ccc(F)c(Cl)c1. The Morgan fingerprint density at radius 1 is 1.47 bits per heavy atom. The zero-order chi connectivity index (χ0) is 11.6. The molecule has 0 fully saturated rings. The maximum Gasteiger partial charge on any atom is 0.141 e. The van der Waals surface area contributed by atoms with Crippen LogP contribution in [0, 0.1) is 5.82 Å². The smallest absolute Gasteiger partial charge is 0.141 e. The molecular formula is C11H16ClFN2. The van der Waals surface area contributed by atoms with E-state index in [1.807, 2.05) is 13.8 Å². The van der Waals surface area contributed by atoms with Gasteiger partial charge in [0, 0.05) is 11.6 Å². The van der Waals surface area contributed by atoms with Crippen molar-refractivity contribution in [1.29, 1.82) is 0 Å². The molecule has 1 aromatic carbocycles. The van der Waals surface area contributed by atoms with Gasteiger partial charge in [0.15, 0.2) is 0 Å². The largest absolute Gasteiger partial charge is 0.325 e. The second kappa shape index (κ2) is 4.47. The van der Waals surface area contributed by atoms with Crippen molar-refractivity contribution < 1.29 is 4.39 Å². The third-order valence-electron chi connectivity index (χ3n) is 2.12. The molecule has 84 valence electrons. The first kappa shape index (κ1) is 12.4. The molecule has 2 nitrogen and oxygen atoms in total. The van der Waals surface area contributed by atoms with Gasteiger partial charge in [-0.15, -0.1) is 0 Å². The Hall–Kier alpha value is -0.640. The lowest BCUT2D eigenvalue weighted by Gasteiger charge is -2.23. The van der Waals surface area contributed by atoms with Crippen molar-refractivity contribution >= 4 is 11.6 Å². The van der Waals surface area contributed by atoms with Crippen LogP contribution in [0.2, 0.25) is 5.02 Å². The van der Waals surface area contributed by atoms with Gasteiger partial charge in [-0.25, -0.2) is 4.39 Å². The topological polar surface area (TPSA) is 52.0 Å². The summed E-state index contributed by atoms with van der Waals surface area (Å²) < 4.78 is 12.9. The average Bonchev–Trinajstić information content (AvgIpc) is 2.06. The molecule has 4 N–H and O–H groups in total. The van der Waals surface area contributed by atoms with Crippen LogP contribution in [0.4, 0.5) is 4.39 Å². The summed E-state index contributed by atoms with van der Waals surface area (Å²) in [5, 5.41) is 0.0952. The molecule has 0 aliphatic heterocycles. The minimum atomic E-state index is -0.431. The van der Waals surface area contributed by atoms with Gasteiger partial charge in [0.1, 0.15) is 5.82 Å². The predicted molar refractivity (Wildman–Crippen MR) is 61.2 cm³/mol. The number of hydrogen-bond acceptors (Lipinski definition) is 2. The Balaban J connectivity index is 2.83. The van der Waals surface area contributed by atoms with E-state index in [1.54, 1.807) is 12.1 Å². The van der Waals surface area contributed by atoms with Crippen molar-refractivity contribution in [1.82, 2.24) is 0 Å². The molecule has 0 saturated heterocycles. The zero-order valence-electron chi connectivity index (χ0n) is 8.93. The summed E-state index contributed by atoms with van der Waals surface area (Å²) in [6, 6.07) is 4.29. The third-order valence-corrected chi connectivity index (χ3v) is 2.41. The lowest BCUT2D eigenvalue weighted by atomic mass is 9.93. The van der Waals surface area contributed by atoms with Gasteiger partial charge in [0.05, 0.1) is 5.02 Å². The van der Waals surface area contributed by atoms with Gasteiger partial charge >= 0.3 is 0 Å². The Kier molecular flexibility index (Phi) is 3.71. The fraction of sp³-hybridized carbons (Fsp3) is 0.455. The van der Waals surface area contributed by atoms with Crippen molar-refractivity contribution in [2.75, 3.05) is 0 Å². The Morgan fingerprint density at radius 3 is 2.53 bits per heavy atom. The highest BCUT2D eigenvalue weighted by atomic mass is 35.5. The summed E-state index contributed by atoms with van der Waals surface area (Å²) in [7, 11) is 0. The van der Waals surface area contributed by atoms with E-state index in [0.717, 1.165) is 5.56 Å². The Labute approximate surface area is 94.4 Å². The van der Waals surface area contributed by atoms with E-state index in [-0.39, 0.29) is 16.6 Å². The fourth-order valence-electron chi connectivity index (χ4n) is 1.43. The normalized spacial score (nSPS) is 14.0. The second-order valence-corrected chi connectivity index (χ2v) is 4.88. The van der Waals surface area contributed by atoms with E-state index in [2.05, 4.69) is 0 Å². The van der Waals surface area contributed by atoms with Crippen LogP contribution in [-0.4, -0.2) is 5.54 Å². The second-order valence-electron chi connectivity index (χ2n) is 4.47. The highest BCUT2D eigenvalue weighted by Crippen LogP contribution is 2.24. The van der Waals surface area contributed by atoms with E-state index < -0.39 is 5.82 Å². The molecular weight excluding hydrogens is 215 g/mol. The van der Waals surface area contributed by atoms with Crippen LogP contribution in [0.3, 0.4) is 0 Å². The van der Waals surface area contributed by atoms with Gasteiger partial charge in [-0.1, -0.05) is 17.7 Å². The standard InChI is InChI=1S/C11H16ClFN2/c1-11(2,15)6-10(14)7-3-4-9(13)8(12)5-7/h3-5,10H,6,14-15H2,1-2H3. The van der Waals surface area contributed by atoms with E-state index in [9.17, 15) is 4.39 Å². The van der Waals surface area contributed by atoms with Crippen LogP contribution >= 0.6 is 11.6 Å². The van der Waals surface area contributed by atoms with E-state index >= 15 is 0 Å². The third kappa shape index (κ3) is 3.78. The van der Waals surface area contributed by atoms with E-state index in [1.165, 1.54) is 6.07 Å². The van der Waals surface area contributed by atoms with Crippen molar-refractivity contribution in [2.45, 2.75) is 31.8 Å². The molecule has 0 aromatic heterocycles. The first-order valence-corrected chi connectivity index (χ1v) is 5.17. The number of rotatable bonds is 3. The summed E-state index contributed by atoms with van der Waals surface area (Å²) in [5.41, 5.74) is 12.3.